The van der Waals surface area contributed by atoms with E-state index >= 15 is 0 Å². The maximum Gasteiger partial charge on any atom is 0.123 e. The molecule has 0 aliphatic heterocycles. The van der Waals surface area contributed by atoms with E-state index in [1.165, 1.54) is 0 Å². The maximum atomic E-state index is 10.4. The molecule has 2 heteroatoms. The van der Waals surface area contributed by atoms with Gasteiger partial charge < -0.3 is 10.2 Å². The highest BCUT2D eigenvalue weighted by atomic mass is 16.3. The van der Waals surface area contributed by atoms with Crippen LogP contribution in [-0.4, -0.2) is 10.2 Å². The Hall–Kier alpha value is -1.70. The van der Waals surface area contributed by atoms with Crippen LogP contribution in [0.15, 0.2) is 37.4 Å². The molecule has 0 amide bonds. The van der Waals surface area contributed by atoms with E-state index in [2.05, 4.69) is 27.0 Å². The summed E-state index contributed by atoms with van der Waals surface area (Å²) in [4.78, 5) is 0. The number of phenols is 2. The molecule has 1 rings (SSSR count). The molecular weight excluding hydrogens is 272 g/mol. The van der Waals surface area contributed by atoms with Crippen molar-refractivity contribution in [1.82, 2.24) is 0 Å². The van der Waals surface area contributed by atoms with E-state index in [-0.39, 0.29) is 17.4 Å². The average Bonchev–Trinajstić information content (AvgIpc) is 2.44. The van der Waals surface area contributed by atoms with Crippen LogP contribution in [0.25, 0.3) is 0 Å². The van der Waals surface area contributed by atoms with Gasteiger partial charge in [-0.1, -0.05) is 38.8 Å². The summed E-state index contributed by atoms with van der Waals surface area (Å²) in [6, 6.07) is 3.60. The summed E-state index contributed by atoms with van der Waals surface area (Å²) in [7, 11) is 0. The SMILES string of the molecule is C=CC[C@H](C)Cc1cc(O)c([C@H](CC=C)CCCC)c(O)c1. The van der Waals surface area contributed by atoms with Gasteiger partial charge in [0.15, 0.2) is 0 Å². The van der Waals surface area contributed by atoms with Gasteiger partial charge in [-0.25, -0.2) is 0 Å². The lowest BCUT2D eigenvalue weighted by atomic mass is 9.87. The first-order valence-electron chi connectivity index (χ1n) is 8.29. The Labute approximate surface area is 135 Å². The second kappa shape index (κ2) is 9.34. The summed E-state index contributed by atoms with van der Waals surface area (Å²) in [6.07, 6.45) is 9.43. The van der Waals surface area contributed by atoms with Gasteiger partial charge in [-0.05, 0) is 55.2 Å². The highest BCUT2D eigenvalue weighted by Gasteiger charge is 2.19. The van der Waals surface area contributed by atoms with Crippen LogP contribution in [0.5, 0.6) is 11.5 Å². The second-order valence-corrected chi connectivity index (χ2v) is 6.24. The zero-order valence-electron chi connectivity index (χ0n) is 14.0. The number of rotatable bonds is 10. The molecule has 2 N–H and O–H groups in total. The van der Waals surface area contributed by atoms with Crippen LogP contribution in [0, 0.1) is 5.92 Å². The summed E-state index contributed by atoms with van der Waals surface area (Å²) < 4.78 is 0. The third-order valence-electron chi connectivity index (χ3n) is 4.11. The minimum atomic E-state index is 0.136. The zero-order valence-corrected chi connectivity index (χ0v) is 14.0. The highest BCUT2D eigenvalue weighted by Crippen LogP contribution is 2.40. The summed E-state index contributed by atoms with van der Waals surface area (Å²) >= 11 is 0. The molecule has 0 aromatic heterocycles. The molecule has 0 bridgehead atoms. The Morgan fingerprint density at radius 2 is 1.68 bits per heavy atom. The predicted molar refractivity (Wildman–Crippen MR) is 94.5 cm³/mol. The van der Waals surface area contributed by atoms with Crippen molar-refractivity contribution in [2.24, 2.45) is 5.92 Å². The second-order valence-electron chi connectivity index (χ2n) is 6.24. The van der Waals surface area contributed by atoms with Gasteiger partial charge >= 0.3 is 0 Å². The van der Waals surface area contributed by atoms with Crippen molar-refractivity contribution in [3.63, 3.8) is 0 Å². The Morgan fingerprint density at radius 3 is 2.18 bits per heavy atom. The van der Waals surface area contributed by atoms with E-state index in [9.17, 15) is 10.2 Å². The summed E-state index contributed by atoms with van der Waals surface area (Å²) in [5.41, 5.74) is 1.65. The molecule has 0 heterocycles. The average molecular weight is 302 g/mol. The summed E-state index contributed by atoms with van der Waals surface area (Å²) in [6.45, 7) is 11.8. The molecule has 0 fully saturated rings. The normalized spacial score (nSPS) is 13.5. The van der Waals surface area contributed by atoms with Crippen molar-refractivity contribution >= 4 is 0 Å². The first-order chi connectivity index (χ1) is 10.5. The number of phenolic OH excluding ortho intramolecular Hbond substituents is 2. The quantitative estimate of drug-likeness (QED) is 0.544. The smallest absolute Gasteiger partial charge is 0.123 e. The summed E-state index contributed by atoms with van der Waals surface area (Å²) in [5.74, 6) is 1.01. The molecule has 22 heavy (non-hydrogen) atoms. The Balaban J connectivity index is 3.00. The van der Waals surface area contributed by atoms with Crippen LogP contribution in [0.2, 0.25) is 0 Å². The van der Waals surface area contributed by atoms with Gasteiger partial charge in [0.25, 0.3) is 0 Å². The minimum absolute atomic E-state index is 0.136. The zero-order chi connectivity index (χ0) is 16.5. The molecule has 0 spiro atoms. The Bertz CT molecular complexity index is 467. The van der Waals surface area contributed by atoms with E-state index in [4.69, 9.17) is 0 Å². The molecule has 122 valence electrons. The van der Waals surface area contributed by atoms with Crippen molar-refractivity contribution in [2.45, 2.75) is 58.3 Å². The van der Waals surface area contributed by atoms with Crippen LogP contribution in [0.3, 0.4) is 0 Å². The molecule has 1 aromatic rings. The topological polar surface area (TPSA) is 40.5 Å². The predicted octanol–water partition coefficient (Wildman–Crippen LogP) is 5.70. The molecular formula is C20H30O2. The molecule has 0 unspecified atom stereocenters. The maximum absolute atomic E-state index is 10.4. The van der Waals surface area contributed by atoms with Crippen LogP contribution < -0.4 is 0 Å². The fourth-order valence-electron chi connectivity index (χ4n) is 3.02. The highest BCUT2D eigenvalue weighted by molar-refractivity contribution is 5.49. The molecule has 0 aliphatic rings. The number of unbranched alkanes of at least 4 members (excludes halogenated alkanes) is 1. The lowest BCUT2D eigenvalue weighted by molar-refractivity contribution is 0.419. The van der Waals surface area contributed by atoms with Crippen molar-refractivity contribution in [2.75, 3.05) is 0 Å². The van der Waals surface area contributed by atoms with Crippen LogP contribution in [0.4, 0.5) is 0 Å². The van der Waals surface area contributed by atoms with Gasteiger partial charge in [-0.2, -0.15) is 0 Å². The summed E-state index contributed by atoms with van der Waals surface area (Å²) in [5, 5.41) is 20.8. The monoisotopic (exact) mass is 302 g/mol. The minimum Gasteiger partial charge on any atom is -0.508 e. The van der Waals surface area contributed by atoms with Crippen molar-refractivity contribution in [1.29, 1.82) is 0 Å². The van der Waals surface area contributed by atoms with E-state index in [0.717, 1.165) is 44.1 Å². The van der Waals surface area contributed by atoms with Crippen molar-refractivity contribution in [3.8, 4) is 11.5 Å². The number of aromatic hydroxyl groups is 2. The number of hydrogen-bond donors (Lipinski definition) is 2. The molecule has 0 aliphatic carbocycles. The van der Waals surface area contributed by atoms with E-state index in [1.54, 1.807) is 12.1 Å². The third kappa shape index (κ3) is 5.25. The fraction of sp³-hybridized carbons (Fsp3) is 0.500. The van der Waals surface area contributed by atoms with Crippen LogP contribution >= 0.6 is 0 Å². The molecule has 1 aromatic carbocycles. The third-order valence-corrected chi connectivity index (χ3v) is 4.11. The van der Waals surface area contributed by atoms with E-state index < -0.39 is 0 Å². The van der Waals surface area contributed by atoms with Gasteiger partial charge in [0.05, 0.1) is 0 Å². The number of hydrogen-bond acceptors (Lipinski definition) is 2. The van der Waals surface area contributed by atoms with E-state index in [1.807, 2.05) is 12.2 Å². The largest absolute Gasteiger partial charge is 0.508 e. The Kier molecular flexibility index (Phi) is 7.79. The molecule has 0 saturated heterocycles. The Morgan fingerprint density at radius 1 is 1.09 bits per heavy atom. The molecule has 2 atom stereocenters. The number of allylic oxidation sites excluding steroid dienone is 2. The number of benzene rings is 1. The van der Waals surface area contributed by atoms with Gasteiger partial charge in [-0.3, -0.25) is 0 Å². The van der Waals surface area contributed by atoms with Gasteiger partial charge in [-0.15, -0.1) is 13.2 Å². The molecule has 0 saturated carbocycles. The van der Waals surface area contributed by atoms with Crippen molar-refractivity contribution < 1.29 is 10.2 Å². The lowest BCUT2D eigenvalue weighted by Crippen LogP contribution is -2.02. The van der Waals surface area contributed by atoms with Crippen LogP contribution in [0.1, 0.15) is 63.0 Å². The van der Waals surface area contributed by atoms with Gasteiger partial charge in [0.2, 0.25) is 0 Å². The first-order valence-corrected chi connectivity index (χ1v) is 8.29. The van der Waals surface area contributed by atoms with Gasteiger partial charge in [0.1, 0.15) is 11.5 Å². The van der Waals surface area contributed by atoms with Crippen molar-refractivity contribution in [3.05, 3.63) is 48.6 Å². The first kappa shape index (κ1) is 18.3. The van der Waals surface area contributed by atoms with Gasteiger partial charge in [0, 0.05) is 5.56 Å². The molecule has 0 radical (unpaired) electrons. The van der Waals surface area contributed by atoms with E-state index in [0.29, 0.717) is 11.5 Å². The standard InChI is InChI=1S/C20H30O2/c1-5-8-11-17(10-7-3)20-18(21)13-16(14-19(20)22)12-15(4)9-6-2/h6-7,13-15,17,21-22H,2-3,5,8-12H2,1,4H3/t15-,17+/m0/s1. The fourth-order valence-corrected chi connectivity index (χ4v) is 3.02. The lowest BCUT2D eigenvalue weighted by Gasteiger charge is -2.20. The van der Waals surface area contributed by atoms with Crippen LogP contribution in [-0.2, 0) is 6.42 Å². The molecule has 2 nitrogen and oxygen atoms in total.